The summed E-state index contributed by atoms with van der Waals surface area (Å²) in [6, 6.07) is 6.44. The normalized spacial score (nSPS) is 14.7. The summed E-state index contributed by atoms with van der Waals surface area (Å²) in [7, 11) is 0. The summed E-state index contributed by atoms with van der Waals surface area (Å²) in [5.74, 6) is 0. The number of halogens is 3. The van der Waals surface area contributed by atoms with Crippen molar-refractivity contribution in [2.24, 2.45) is 0 Å². The quantitative estimate of drug-likeness (QED) is 0.608. The minimum atomic E-state index is 0. The lowest BCUT2D eigenvalue weighted by molar-refractivity contribution is 0.316. The van der Waals surface area contributed by atoms with Crippen LogP contribution in [0.4, 0.5) is 11.4 Å². The number of benzene rings is 1. The molecule has 2 aliphatic rings. The van der Waals surface area contributed by atoms with E-state index in [0.29, 0.717) is 0 Å². The van der Waals surface area contributed by atoms with Gasteiger partial charge in [0, 0.05) is 47.1 Å². The Kier molecular flexibility index (Phi) is 9.37. The average Bonchev–Trinajstić information content (AvgIpc) is 2.79. The Morgan fingerprint density at radius 1 is 1.15 bits per heavy atom. The molecule has 0 fully saturated rings. The smallest absolute Gasteiger partial charge is 0.0639 e. The van der Waals surface area contributed by atoms with Crippen LogP contribution < -0.4 is 16.2 Å². The number of rotatable bonds is 6. The molecule has 1 aliphatic heterocycles. The van der Waals surface area contributed by atoms with Gasteiger partial charge in [0.05, 0.1) is 5.69 Å². The van der Waals surface area contributed by atoms with Crippen LogP contribution in [0.1, 0.15) is 25.8 Å². The number of allylic oxidation sites excluding steroid dienone is 5. The molecular formula is C19H27Cl3N4. The Balaban J connectivity index is 0.00000169. The molecule has 144 valence electrons. The van der Waals surface area contributed by atoms with Gasteiger partial charge in [-0.15, -0.1) is 24.8 Å². The number of hydrogen-bond acceptors (Lipinski definition) is 4. The number of nitrogens with one attached hydrogen (secondary N) is 3. The molecule has 0 spiro atoms. The molecule has 0 saturated heterocycles. The van der Waals surface area contributed by atoms with Crippen molar-refractivity contribution >= 4 is 53.4 Å². The highest BCUT2D eigenvalue weighted by Crippen LogP contribution is 2.35. The third-order valence-electron chi connectivity index (χ3n) is 4.52. The van der Waals surface area contributed by atoms with E-state index in [4.69, 9.17) is 11.6 Å². The van der Waals surface area contributed by atoms with Crippen LogP contribution in [0, 0.1) is 0 Å². The molecule has 0 atom stereocenters. The Morgan fingerprint density at radius 3 is 2.65 bits per heavy atom. The number of fused-ring (bicyclic) bond motifs is 2. The average molecular weight is 418 g/mol. The van der Waals surface area contributed by atoms with Crippen LogP contribution in [0.2, 0.25) is 0 Å². The minimum absolute atomic E-state index is 0. The van der Waals surface area contributed by atoms with Crippen LogP contribution in [-0.2, 0) is 0 Å². The summed E-state index contributed by atoms with van der Waals surface area (Å²) in [5.41, 5.74) is 12.3. The maximum Gasteiger partial charge on any atom is 0.0639 e. The monoisotopic (exact) mass is 416 g/mol. The van der Waals surface area contributed by atoms with E-state index in [1.165, 1.54) is 5.56 Å². The fraction of sp³-hybridized carbons (Fsp3) is 0.368. The lowest BCUT2D eigenvalue weighted by Gasteiger charge is -2.25. The van der Waals surface area contributed by atoms with Crippen molar-refractivity contribution in [2.45, 2.75) is 20.3 Å². The van der Waals surface area contributed by atoms with E-state index >= 15 is 0 Å². The molecule has 3 rings (SSSR count). The first-order chi connectivity index (χ1) is 11.7. The van der Waals surface area contributed by atoms with Gasteiger partial charge in [-0.1, -0.05) is 37.6 Å². The summed E-state index contributed by atoms with van der Waals surface area (Å²) >= 11 is 6.24. The van der Waals surface area contributed by atoms with Crippen LogP contribution in [0.15, 0.2) is 47.2 Å². The maximum atomic E-state index is 6.24. The Labute approximate surface area is 173 Å². The fourth-order valence-electron chi connectivity index (χ4n) is 3.06. The highest BCUT2D eigenvalue weighted by atomic mass is 35.5. The summed E-state index contributed by atoms with van der Waals surface area (Å²) in [4.78, 5) is 2.41. The zero-order valence-corrected chi connectivity index (χ0v) is 17.5. The van der Waals surface area contributed by atoms with Gasteiger partial charge in [-0.3, -0.25) is 0 Å². The molecule has 1 aromatic rings. The van der Waals surface area contributed by atoms with Gasteiger partial charge in [0.2, 0.25) is 0 Å². The first-order valence-corrected chi connectivity index (χ1v) is 8.98. The van der Waals surface area contributed by atoms with Crippen molar-refractivity contribution in [1.82, 2.24) is 10.3 Å². The molecule has 26 heavy (non-hydrogen) atoms. The lowest BCUT2D eigenvalue weighted by Crippen LogP contribution is -2.29. The second-order valence-corrected chi connectivity index (χ2v) is 6.43. The van der Waals surface area contributed by atoms with Crippen molar-refractivity contribution in [3.63, 3.8) is 0 Å². The molecule has 1 heterocycles. The van der Waals surface area contributed by atoms with Gasteiger partial charge in [0.25, 0.3) is 0 Å². The lowest BCUT2D eigenvalue weighted by atomic mass is 9.98. The molecule has 0 aromatic heterocycles. The van der Waals surface area contributed by atoms with Crippen LogP contribution in [0.5, 0.6) is 0 Å². The summed E-state index contributed by atoms with van der Waals surface area (Å²) in [5, 5.41) is 4.27. The molecule has 3 N–H and O–H groups in total. The second kappa shape index (κ2) is 10.7. The zero-order chi connectivity index (χ0) is 16.9. The first kappa shape index (κ1) is 22.7. The molecule has 1 aromatic carbocycles. The Morgan fingerprint density at radius 2 is 1.92 bits per heavy atom. The predicted molar refractivity (Wildman–Crippen MR) is 119 cm³/mol. The fourth-order valence-corrected chi connectivity index (χ4v) is 3.26. The SMILES string of the molecule is CCN(CC)CCNc1ccc2c(c1)NNC1=C2C=C(Cl)C=CC1.Cl.Cl. The van der Waals surface area contributed by atoms with Gasteiger partial charge >= 0.3 is 0 Å². The van der Waals surface area contributed by atoms with E-state index in [9.17, 15) is 0 Å². The number of hydrogen-bond donors (Lipinski definition) is 3. The van der Waals surface area contributed by atoms with Crippen molar-refractivity contribution < 1.29 is 0 Å². The summed E-state index contributed by atoms with van der Waals surface area (Å²) < 4.78 is 0. The van der Waals surface area contributed by atoms with E-state index in [0.717, 1.165) is 60.3 Å². The molecule has 1 aliphatic carbocycles. The van der Waals surface area contributed by atoms with E-state index in [1.807, 2.05) is 12.2 Å². The minimum Gasteiger partial charge on any atom is -0.384 e. The zero-order valence-electron chi connectivity index (χ0n) is 15.1. The van der Waals surface area contributed by atoms with E-state index in [-0.39, 0.29) is 24.8 Å². The van der Waals surface area contributed by atoms with Crippen molar-refractivity contribution in [3.8, 4) is 0 Å². The number of likely N-dealkylation sites (N-methyl/N-ethyl adjacent to an activating group) is 1. The van der Waals surface area contributed by atoms with E-state index in [2.05, 4.69) is 59.2 Å². The standard InChI is InChI=1S/C19H25ClN4.2ClH/c1-3-24(4-2)11-10-21-15-8-9-16-17-12-14(20)6-5-7-18(17)22-23-19(16)13-15;;/h5-6,8-9,12-13,21-23H,3-4,7,10-11H2,1-2H3;2*1H. The van der Waals surface area contributed by atoms with Gasteiger partial charge in [0.1, 0.15) is 0 Å². The van der Waals surface area contributed by atoms with E-state index in [1.54, 1.807) is 0 Å². The molecule has 0 amide bonds. The van der Waals surface area contributed by atoms with E-state index < -0.39 is 0 Å². The number of nitrogens with zero attached hydrogens (tertiary/aromatic N) is 1. The summed E-state index contributed by atoms with van der Waals surface area (Å²) in [6.45, 7) is 8.57. The maximum absolute atomic E-state index is 6.24. The van der Waals surface area contributed by atoms with Crippen molar-refractivity contribution in [2.75, 3.05) is 36.9 Å². The van der Waals surface area contributed by atoms with Gasteiger partial charge in [-0.25, -0.2) is 0 Å². The van der Waals surface area contributed by atoms with Crippen LogP contribution in [0.3, 0.4) is 0 Å². The van der Waals surface area contributed by atoms with Crippen molar-refractivity contribution in [3.05, 3.63) is 52.7 Å². The third-order valence-corrected chi connectivity index (χ3v) is 4.75. The first-order valence-electron chi connectivity index (χ1n) is 8.60. The molecule has 0 bridgehead atoms. The van der Waals surface area contributed by atoms with Gasteiger partial charge in [-0.2, -0.15) is 0 Å². The number of anilines is 2. The molecular weight excluding hydrogens is 391 g/mol. The van der Waals surface area contributed by atoms with Gasteiger partial charge in [0.15, 0.2) is 0 Å². The van der Waals surface area contributed by atoms with Crippen molar-refractivity contribution in [1.29, 1.82) is 0 Å². The highest BCUT2D eigenvalue weighted by Gasteiger charge is 2.18. The van der Waals surface area contributed by atoms with Gasteiger partial charge < -0.3 is 21.1 Å². The second-order valence-electron chi connectivity index (χ2n) is 5.99. The predicted octanol–water partition coefficient (Wildman–Crippen LogP) is 5.01. The molecule has 0 saturated carbocycles. The molecule has 0 unspecified atom stereocenters. The number of hydrazine groups is 1. The molecule has 7 heteroatoms. The topological polar surface area (TPSA) is 39.3 Å². The molecule has 0 radical (unpaired) electrons. The van der Waals surface area contributed by atoms with Crippen LogP contribution in [0.25, 0.3) is 5.57 Å². The largest absolute Gasteiger partial charge is 0.384 e. The molecule has 4 nitrogen and oxygen atoms in total. The third kappa shape index (κ3) is 5.34. The summed E-state index contributed by atoms with van der Waals surface area (Å²) in [6.07, 6.45) is 6.90. The van der Waals surface area contributed by atoms with Crippen LogP contribution in [-0.4, -0.2) is 31.1 Å². The van der Waals surface area contributed by atoms with Crippen LogP contribution >= 0.6 is 36.4 Å². The Bertz CT molecular complexity index is 694. The Hall–Kier alpha value is -1.33. The highest BCUT2D eigenvalue weighted by molar-refractivity contribution is 6.32. The van der Waals surface area contributed by atoms with Gasteiger partial charge in [-0.05, 0) is 37.4 Å².